The van der Waals surface area contributed by atoms with E-state index in [2.05, 4.69) is 5.32 Å². The van der Waals surface area contributed by atoms with Crippen LogP contribution in [0.2, 0.25) is 0 Å². The number of nitrogens with one attached hydrogen (secondary N) is 1. The second-order valence-corrected chi connectivity index (χ2v) is 5.83. The van der Waals surface area contributed by atoms with Gasteiger partial charge in [0.2, 0.25) is 11.8 Å². The quantitative estimate of drug-likeness (QED) is 0.842. The van der Waals surface area contributed by atoms with E-state index < -0.39 is 11.9 Å². The first-order valence-electron chi connectivity index (χ1n) is 7.79. The van der Waals surface area contributed by atoms with Crippen LogP contribution < -0.4 is 11.1 Å². The van der Waals surface area contributed by atoms with E-state index >= 15 is 0 Å². The van der Waals surface area contributed by atoms with Crippen molar-refractivity contribution in [3.05, 3.63) is 35.9 Å². The molecule has 0 radical (unpaired) electrons. The number of hydrogen-bond acceptors (Lipinski definition) is 2. The first-order chi connectivity index (χ1) is 10.2. The number of hydrogen-bond donors (Lipinski definition) is 2. The summed E-state index contributed by atoms with van der Waals surface area (Å²) in [7, 11) is 0. The molecule has 1 saturated carbocycles. The molecule has 0 spiro atoms. The Morgan fingerprint density at radius 1 is 1.14 bits per heavy atom. The van der Waals surface area contributed by atoms with E-state index in [1.807, 2.05) is 30.3 Å². The molecule has 0 bridgehead atoms. The third-order valence-electron chi connectivity index (χ3n) is 4.23. The van der Waals surface area contributed by atoms with Crippen LogP contribution in [-0.4, -0.2) is 17.9 Å². The Morgan fingerprint density at radius 2 is 1.81 bits per heavy atom. The second-order valence-electron chi connectivity index (χ2n) is 5.83. The minimum atomic E-state index is -0.506. The molecule has 1 aliphatic rings. The molecule has 0 heterocycles. The van der Waals surface area contributed by atoms with Crippen molar-refractivity contribution in [2.75, 3.05) is 0 Å². The van der Waals surface area contributed by atoms with Gasteiger partial charge in [-0.05, 0) is 30.7 Å². The number of amides is 2. The maximum Gasteiger partial charge on any atom is 0.240 e. The predicted molar refractivity (Wildman–Crippen MR) is 82.5 cm³/mol. The topological polar surface area (TPSA) is 72.2 Å². The van der Waals surface area contributed by atoms with Crippen molar-refractivity contribution >= 4 is 11.8 Å². The monoisotopic (exact) mass is 288 g/mol. The fourth-order valence-corrected chi connectivity index (χ4v) is 3.04. The number of rotatable bonds is 6. The molecule has 21 heavy (non-hydrogen) atoms. The van der Waals surface area contributed by atoms with Gasteiger partial charge in [0, 0.05) is 6.42 Å². The molecule has 1 aromatic carbocycles. The van der Waals surface area contributed by atoms with Crippen molar-refractivity contribution in [2.24, 2.45) is 11.7 Å². The molecule has 0 aromatic heterocycles. The molecule has 3 N–H and O–H groups in total. The van der Waals surface area contributed by atoms with Crippen LogP contribution in [0.25, 0.3) is 0 Å². The Morgan fingerprint density at radius 3 is 2.43 bits per heavy atom. The highest BCUT2D eigenvalue weighted by Crippen LogP contribution is 2.26. The molecule has 1 fully saturated rings. The molecule has 1 aliphatic carbocycles. The van der Waals surface area contributed by atoms with Crippen LogP contribution in [0.5, 0.6) is 0 Å². The van der Waals surface area contributed by atoms with Crippen molar-refractivity contribution in [1.82, 2.24) is 5.32 Å². The summed E-state index contributed by atoms with van der Waals surface area (Å²) in [6.45, 7) is 0. The van der Waals surface area contributed by atoms with Gasteiger partial charge in [-0.25, -0.2) is 0 Å². The van der Waals surface area contributed by atoms with Crippen LogP contribution in [0.15, 0.2) is 30.3 Å². The van der Waals surface area contributed by atoms with Crippen molar-refractivity contribution in [3.8, 4) is 0 Å². The standard InChI is InChI=1S/C17H24N2O2/c18-17(21)16(14-9-5-2-6-10-14)19-15(20)12-11-13-7-3-1-4-8-13/h1,3-4,7-8,14,16H,2,5-6,9-12H2,(H2,18,21)(H,19,20)/t16-/m1/s1. The number of aryl methyl sites for hydroxylation is 1. The van der Waals surface area contributed by atoms with Crippen molar-refractivity contribution in [3.63, 3.8) is 0 Å². The third-order valence-corrected chi connectivity index (χ3v) is 4.23. The van der Waals surface area contributed by atoms with Gasteiger partial charge in [-0.1, -0.05) is 49.6 Å². The van der Waals surface area contributed by atoms with E-state index in [4.69, 9.17) is 5.73 Å². The van der Waals surface area contributed by atoms with Crippen molar-refractivity contribution in [2.45, 2.75) is 51.0 Å². The maximum absolute atomic E-state index is 12.1. The second kappa shape index (κ2) is 7.81. The van der Waals surface area contributed by atoms with Crippen molar-refractivity contribution < 1.29 is 9.59 Å². The highest BCUT2D eigenvalue weighted by Gasteiger charge is 2.29. The zero-order valence-corrected chi connectivity index (χ0v) is 12.4. The van der Waals surface area contributed by atoms with Gasteiger partial charge in [-0.15, -0.1) is 0 Å². The Bertz CT molecular complexity index is 467. The van der Waals surface area contributed by atoms with E-state index in [1.165, 1.54) is 6.42 Å². The molecule has 114 valence electrons. The predicted octanol–water partition coefficient (Wildman–Crippen LogP) is 2.17. The Hall–Kier alpha value is -1.84. The molecular formula is C17H24N2O2. The number of benzene rings is 1. The van der Waals surface area contributed by atoms with Gasteiger partial charge < -0.3 is 11.1 Å². The molecule has 2 amide bonds. The summed E-state index contributed by atoms with van der Waals surface area (Å²) in [6.07, 6.45) is 6.48. The smallest absolute Gasteiger partial charge is 0.240 e. The van der Waals surface area contributed by atoms with Gasteiger partial charge in [0.1, 0.15) is 6.04 Å². The lowest BCUT2D eigenvalue weighted by atomic mass is 9.83. The first kappa shape index (κ1) is 15.5. The van der Waals surface area contributed by atoms with E-state index in [-0.39, 0.29) is 11.8 Å². The number of nitrogens with two attached hydrogens (primary N) is 1. The van der Waals surface area contributed by atoms with Gasteiger partial charge in [-0.2, -0.15) is 0 Å². The number of carbonyl (C=O) groups is 2. The lowest BCUT2D eigenvalue weighted by Crippen LogP contribution is -2.49. The summed E-state index contributed by atoms with van der Waals surface area (Å²) in [4.78, 5) is 23.7. The van der Waals surface area contributed by atoms with Crippen LogP contribution in [0, 0.1) is 5.92 Å². The Kier molecular flexibility index (Phi) is 5.78. The van der Waals surface area contributed by atoms with Gasteiger partial charge in [-0.3, -0.25) is 9.59 Å². The SMILES string of the molecule is NC(=O)[C@H](NC(=O)CCc1ccccc1)C1CCCCC1. The Balaban J connectivity index is 1.84. The van der Waals surface area contributed by atoms with Gasteiger partial charge in [0.25, 0.3) is 0 Å². The average Bonchev–Trinajstić information content (AvgIpc) is 2.52. The minimum Gasteiger partial charge on any atom is -0.368 e. The molecule has 4 nitrogen and oxygen atoms in total. The fraction of sp³-hybridized carbons (Fsp3) is 0.529. The van der Waals surface area contributed by atoms with Crippen LogP contribution in [0.1, 0.15) is 44.1 Å². The van der Waals surface area contributed by atoms with Gasteiger partial charge in [0.15, 0.2) is 0 Å². The van der Waals surface area contributed by atoms with Gasteiger partial charge in [0.05, 0.1) is 0 Å². The zero-order valence-electron chi connectivity index (χ0n) is 12.4. The van der Waals surface area contributed by atoms with E-state index in [9.17, 15) is 9.59 Å². The van der Waals surface area contributed by atoms with Crippen LogP contribution in [0.4, 0.5) is 0 Å². The minimum absolute atomic E-state index is 0.0896. The lowest BCUT2D eigenvalue weighted by Gasteiger charge is -2.28. The fourth-order valence-electron chi connectivity index (χ4n) is 3.04. The highest BCUT2D eigenvalue weighted by molar-refractivity contribution is 5.86. The molecule has 2 rings (SSSR count). The lowest BCUT2D eigenvalue weighted by molar-refractivity contribution is -0.128. The summed E-state index contributed by atoms with van der Waals surface area (Å²) in [5.41, 5.74) is 6.60. The number of carbonyl (C=O) groups excluding carboxylic acids is 2. The molecule has 1 atom stereocenters. The third kappa shape index (κ3) is 4.88. The summed E-state index contributed by atoms with van der Waals surface area (Å²) in [5.74, 6) is -0.292. The van der Waals surface area contributed by atoms with Crippen LogP contribution in [0.3, 0.4) is 0 Å². The maximum atomic E-state index is 12.1. The zero-order chi connectivity index (χ0) is 15.1. The average molecular weight is 288 g/mol. The molecule has 4 heteroatoms. The molecular weight excluding hydrogens is 264 g/mol. The molecule has 0 saturated heterocycles. The summed E-state index contributed by atoms with van der Waals surface area (Å²) < 4.78 is 0. The van der Waals surface area contributed by atoms with Crippen molar-refractivity contribution in [1.29, 1.82) is 0 Å². The molecule has 1 aromatic rings. The highest BCUT2D eigenvalue weighted by atomic mass is 16.2. The van der Waals surface area contributed by atoms with E-state index in [1.54, 1.807) is 0 Å². The summed E-state index contributed by atoms with van der Waals surface area (Å²) >= 11 is 0. The first-order valence-corrected chi connectivity index (χ1v) is 7.79. The molecule has 0 aliphatic heterocycles. The van der Waals surface area contributed by atoms with E-state index in [0.717, 1.165) is 31.2 Å². The molecule has 0 unspecified atom stereocenters. The van der Waals surface area contributed by atoms with Crippen LogP contribution in [-0.2, 0) is 16.0 Å². The normalized spacial score (nSPS) is 17.1. The number of primary amides is 1. The summed E-state index contributed by atoms with van der Waals surface area (Å²) in [5, 5.41) is 2.84. The Labute approximate surface area is 126 Å². The van der Waals surface area contributed by atoms with Crippen LogP contribution >= 0.6 is 0 Å². The largest absolute Gasteiger partial charge is 0.368 e. The summed E-state index contributed by atoms with van der Waals surface area (Å²) in [6, 6.07) is 9.37. The van der Waals surface area contributed by atoms with E-state index in [0.29, 0.717) is 12.8 Å². The van der Waals surface area contributed by atoms with Gasteiger partial charge >= 0.3 is 0 Å².